The maximum atomic E-state index is 12.6. The molecule has 1 amide bonds. The molecule has 0 saturated carbocycles. The van der Waals surface area contributed by atoms with Crippen LogP contribution in [-0.2, 0) is 4.79 Å². The number of hydrogen-bond donors (Lipinski definition) is 2. The van der Waals surface area contributed by atoms with Gasteiger partial charge >= 0.3 is 0 Å². The van der Waals surface area contributed by atoms with Gasteiger partial charge in [-0.15, -0.1) is 0 Å². The maximum absolute atomic E-state index is 12.6. The third-order valence-electron chi connectivity index (χ3n) is 4.50. The minimum absolute atomic E-state index is 0.150. The van der Waals surface area contributed by atoms with Gasteiger partial charge in [0.15, 0.2) is 0 Å². The average Bonchev–Trinajstić information content (AvgIpc) is 2.75. The van der Waals surface area contributed by atoms with Gasteiger partial charge in [-0.1, -0.05) is 79.7 Å². The van der Waals surface area contributed by atoms with Gasteiger partial charge in [0.2, 0.25) is 0 Å². The number of rotatable bonds is 7. The lowest BCUT2D eigenvalue weighted by atomic mass is 10.1. The molecule has 0 aliphatic carbocycles. The van der Waals surface area contributed by atoms with Crippen LogP contribution < -0.4 is 10.7 Å². The van der Waals surface area contributed by atoms with E-state index < -0.39 is 0 Å². The molecule has 0 aliphatic heterocycles. The molecule has 0 fully saturated rings. The number of nitrogens with zero attached hydrogens (tertiary/aromatic N) is 1. The number of fused-ring (bicyclic) bond motifs is 1. The average molecular weight is 371 g/mol. The van der Waals surface area contributed by atoms with Crippen LogP contribution in [0.2, 0.25) is 0 Å². The Bertz CT molecular complexity index is 988. The third-order valence-corrected chi connectivity index (χ3v) is 4.50. The van der Waals surface area contributed by atoms with Crippen LogP contribution in [0.15, 0.2) is 84.0 Å². The Morgan fingerprint density at radius 3 is 2.50 bits per heavy atom. The fourth-order valence-electron chi connectivity index (χ4n) is 2.93. The smallest absolute Gasteiger partial charge is 0.262 e. The first-order chi connectivity index (χ1) is 13.7. The van der Waals surface area contributed by atoms with Gasteiger partial charge in [0.1, 0.15) is 6.04 Å². The number of allylic oxidation sites excluding steroid dienone is 1. The predicted molar refractivity (Wildman–Crippen MR) is 118 cm³/mol. The largest absolute Gasteiger partial charge is 0.373 e. The summed E-state index contributed by atoms with van der Waals surface area (Å²) in [5, 5.41) is 9.80. The molecule has 0 spiro atoms. The second-order valence-electron chi connectivity index (χ2n) is 6.61. The number of carbonyl (C=O) groups is 1. The van der Waals surface area contributed by atoms with E-state index in [4.69, 9.17) is 0 Å². The molecule has 4 nitrogen and oxygen atoms in total. The van der Waals surface area contributed by atoms with E-state index in [2.05, 4.69) is 34.0 Å². The zero-order valence-corrected chi connectivity index (χ0v) is 16.2. The number of amides is 1. The van der Waals surface area contributed by atoms with Crippen molar-refractivity contribution in [3.8, 4) is 0 Å². The van der Waals surface area contributed by atoms with Crippen molar-refractivity contribution in [1.29, 1.82) is 0 Å². The van der Waals surface area contributed by atoms with E-state index in [1.54, 1.807) is 0 Å². The van der Waals surface area contributed by atoms with Crippen molar-refractivity contribution in [3.63, 3.8) is 0 Å². The predicted octanol–water partition coefficient (Wildman–Crippen LogP) is 5.24. The van der Waals surface area contributed by atoms with E-state index in [1.165, 1.54) is 0 Å². The molecule has 28 heavy (non-hydrogen) atoms. The summed E-state index contributed by atoms with van der Waals surface area (Å²) in [6.07, 6.45) is 4.51. The third kappa shape index (κ3) is 5.07. The van der Waals surface area contributed by atoms with Crippen molar-refractivity contribution in [2.45, 2.75) is 26.3 Å². The van der Waals surface area contributed by atoms with Crippen molar-refractivity contribution in [3.05, 3.63) is 84.4 Å². The van der Waals surface area contributed by atoms with Crippen LogP contribution in [-0.4, -0.2) is 17.7 Å². The Labute approximate surface area is 166 Å². The highest BCUT2D eigenvalue weighted by molar-refractivity contribution is 5.98. The molecular formula is C24H25N3O. The van der Waals surface area contributed by atoms with E-state index in [9.17, 15) is 4.79 Å². The minimum Gasteiger partial charge on any atom is -0.373 e. The van der Waals surface area contributed by atoms with Gasteiger partial charge in [-0.05, 0) is 36.4 Å². The number of benzene rings is 3. The van der Waals surface area contributed by atoms with Crippen LogP contribution in [0, 0.1) is 0 Å². The fraction of sp³-hybridized carbons (Fsp3) is 0.167. The summed E-state index contributed by atoms with van der Waals surface area (Å²) in [6, 6.07) is 23.8. The first-order valence-corrected chi connectivity index (χ1v) is 9.49. The van der Waals surface area contributed by atoms with Crippen LogP contribution in [0.1, 0.15) is 25.8 Å². The Kier molecular flexibility index (Phi) is 6.58. The zero-order valence-electron chi connectivity index (χ0n) is 16.2. The second-order valence-corrected chi connectivity index (χ2v) is 6.61. The maximum Gasteiger partial charge on any atom is 0.262 e. The molecule has 0 radical (unpaired) electrons. The molecule has 0 heterocycles. The summed E-state index contributed by atoms with van der Waals surface area (Å²) < 4.78 is 0. The molecule has 0 saturated heterocycles. The highest BCUT2D eigenvalue weighted by atomic mass is 16.2. The Morgan fingerprint density at radius 1 is 1.00 bits per heavy atom. The first-order valence-electron chi connectivity index (χ1n) is 9.49. The topological polar surface area (TPSA) is 53.5 Å². The highest BCUT2D eigenvalue weighted by Crippen LogP contribution is 2.24. The SMILES string of the molecule is CCC(Nc1cccc2ccccc12)C(=O)NN=C(C)C=Cc1ccccc1. The van der Waals surface area contributed by atoms with Gasteiger partial charge in [0.25, 0.3) is 5.91 Å². The number of hydrazone groups is 1. The van der Waals surface area contributed by atoms with Gasteiger partial charge in [0, 0.05) is 11.1 Å². The molecule has 3 aromatic rings. The summed E-state index contributed by atoms with van der Waals surface area (Å²) in [5.74, 6) is -0.150. The van der Waals surface area contributed by atoms with Gasteiger partial charge in [-0.25, -0.2) is 5.43 Å². The number of anilines is 1. The molecule has 4 heteroatoms. The van der Waals surface area contributed by atoms with Crippen molar-refractivity contribution in [2.75, 3.05) is 5.32 Å². The van der Waals surface area contributed by atoms with Gasteiger partial charge in [0.05, 0.1) is 5.71 Å². The van der Waals surface area contributed by atoms with E-state index >= 15 is 0 Å². The van der Waals surface area contributed by atoms with Gasteiger partial charge in [-0.3, -0.25) is 4.79 Å². The standard InChI is InChI=1S/C24H25N3O/c1-3-22(25-23-15-9-13-20-12-7-8-14-21(20)23)24(28)27-26-18(2)16-17-19-10-5-4-6-11-19/h4-17,22,25H,3H2,1-2H3,(H,27,28). The molecule has 142 valence electrons. The summed E-state index contributed by atoms with van der Waals surface area (Å²) >= 11 is 0. The monoisotopic (exact) mass is 371 g/mol. The van der Waals surface area contributed by atoms with Crippen molar-refractivity contribution in [1.82, 2.24) is 5.43 Å². The van der Waals surface area contributed by atoms with E-state index in [-0.39, 0.29) is 11.9 Å². The lowest BCUT2D eigenvalue weighted by molar-refractivity contribution is -0.121. The summed E-state index contributed by atoms with van der Waals surface area (Å²) in [5.41, 5.74) is 5.45. The number of nitrogens with one attached hydrogen (secondary N) is 2. The lowest BCUT2D eigenvalue weighted by Gasteiger charge is -2.18. The van der Waals surface area contributed by atoms with Crippen LogP contribution in [0.4, 0.5) is 5.69 Å². The van der Waals surface area contributed by atoms with Crippen molar-refractivity contribution >= 4 is 34.2 Å². The molecule has 2 N–H and O–H groups in total. The van der Waals surface area contributed by atoms with E-state index in [0.717, 1.165) is 27.7 Å². The number of carbonyl (C=O) groups excluding carboxylic acids is 1. The summed E-state index contributed by atoms with van der Waals surface area (Å²) in [6.45, 7) is 3.84. The first kappa shape index (κ1) is 19.4. The molecule has 0 bridgehead atoms. The molecule has 0 aliphatic rings. The normalized spacial score (nSPS) is 12.9. The summed E-state index contributed by atoms with van der Waals surface area (Å²) in [4.78, 5) is 12.6. The molecule has 3 aromatic carbocycles. The Balaban J connectivity index is 1.65. The van der Waals surface area contributed by atoms with Crippen LogP contribution in [0.5, 0.6) is 0 Å². The molecular weight excluding hydrogens is 346 g/mol. The molecule has 1 atom stereocenters. The molecule has 1 unspecified atom stereocenters. The minimum atomic E-state index is -0.361. The van der Waals surface area contributed by atoms with Crippen LogP contribution in [0.3, 0.4) is 0 Å². The van der Waals surface area contributed by atoms with Crippen LogP contribution >= 0.6 is 0 Å². The van der Waals surface area contributed by atoms with Crippen LogP contribution in [0.25, 0.3) is 16.8 Å². The van der Waals surface area contributed by atoms with E-state index in [1.807, 2.05) is 80.6 Å². The molecule has 3 rings (SSSR count). The quantitative estimate of drug-likeness (QED) is 0.441. The second kappa shape index (κ2) is 9.51. The van der Waals surface area contributed by atoms with Crippen molar-refractivity contribution in [2.24, 2.45) is 5.10 Å². The highest BCUT2D eigenvalue weighted by Gasteiger charge is 2.16. The Hall–Kier alpha value is -3.40. The Morgan fingerprint density at radius 2 is 1.71 bits per heavy atom. The molecule has 0 aromatic heterocycles. The van der Waals surface area contributed by atoms with Crippen molar-refractivity contribution < 1.29 is 4.79 Å². The van der Waals surface area contributed by atoms with E-state index in [0.29, 0.717) is 6.42 Å². The van der Waals surface area contributed by atoms with Gasteiger partial charge < -0.3 is 5.32 Å². The van der Waals surface area contributed by atoms with Gasteiger partial charge in [-0.2, -0.15) is 5.10 Å². The zero-order chi connectivity index (χ0) is 19.8. The lowest BCUT2D eigenvalue weighted by Crippen LogP contribution is -2.37. The fourth-order valence-corrected chi connectivity index (χ4v) is 2.93. The summed E-state index contributed by atoms with van der Waals surface area (Å²) in [7, 11) is 0. The number of hydrogen-bond acceptors (Lipinski definition) is 3.